The molecule has 0 aromatic rings. The lowest BCUT2D eigenvalue weighted by molar-refractivity contribution is 0.606. The zero-order valence-electron chi connectivity index (χ0n) is 14.3. The van der Waals surface area contributed by atoms with Crippen LogP contribution in [0.15, 0.2) is 12.2 Å². The highest BCUT2D eigenvalue weighted by Gasteiger charge is 1.89. The summed E-state index contributed by atoms with van der Waals surface area (Å²) in [5.74, 6) is 0. The Morgan fingerprint density at radius 3 is 1.19 bits per heavy atom. The summed E-state index contributed by atoms with van der Waals surface area (Å²) in [7, 11) is 0.0278. The zero-order valence-corrected chi connectivity index (χ0v) is 16.8. The highest BCUT2D eigenvalue weighted by molar-refractivity contribution is 7.90. The van der Waals surface area contributed by atoms with Crippen LogP contribution in [0.2, 0.25) is 0 Å². The van der Waals surface area contributed by atoms with Crippen LogP contribution in [0.3, 0.4) is 0 Å². The second kappa shape index (κ2) is 25.7. The van der Waals surface area contributed by atoms with Gasteiger partial charge in [-0.05, 0) is 25.7 Å². The summed E-state index contributed by atoms with van der Waals surface area (Å²) in [4.78, 5) is 0. The maximum Gasteiger partial charge on any atom is 0.0713 e. The van der Waals surface area contributed by atoms with Gasteiger partial charge in [0.15, 0.2) is 0 Å². The van der Waals surface area contributed by atoms with Crippen LogP contribution in [0.1, 0.15) is 104 Å². The Hall–Kier alpha value is 0.750. The van der Waals surface area contributed by atoms with E-state index in [-0.39, 0.29) is 7.29 Å². The summed E-state index contributed by atoms with van der Waals surface area (Å²) >= 11 is 9.58. The van der Waals surface area contributed by atoms with Gasteiger partial charge in [0.1, 0.15) is 0 Å². The molecule has 0 bridgehead atoms. The van der Waals surface area contributed by atoms with E-state index < -0.39 is 0 Å². The van der Waals surface area contributed by atoms with Crippen molar-refractivity contribution in [3.8, 4) is 0 Å². The summed E-state index contributed by atoms with van der Waals surface area (Å²) < 4.78 is 0. The van der Waals surface area contributed by atoms with E-state index in [1.54, 1.807) is 0 Å². The molecule has 0 atom stereocenters. The Kier molecular flexibility index (Phi) is 29.4. The monoisotopic (exact) mass is 354 g/mol. The Labute approximate surface area is 145 Å². The van der Waals surface area contributed by atoms with E-state index in [4.69, 9.17) is 22.5 Å². The maximum absolute atomic E-state index is 4.79. The van der Waals surface area contributed by atoms with Gasteiger partial charge >= 0.3 is 0 Å². The molecule has 0 unspecified atom stereocenters. The molecule has 0 aliphatic heterocycles. The number of hydrogen-bond donors (Lipinski definition) is 0. The van der Waals surface area contributed by atoms with Crippen molar-refractivity contribution in [3.63, 3.8) is 0 Å². The molecule has 0 aromatic heterocycles. The van der Waals surface area contributed by atoms with Gasteiger partial charge in [0, 0.05) is 0 Å². The van der Waals surface area contributed by atoms with Crippen molar-refractivity contribution in [2.24, 2.45) is 0 Å². The molecule has 128 valence electrons. The van der Waals surface area contributed by atoms with E-state index in [1.807, 2.05) is 0 Å². The zero-order chi connectivity index (χ0) is 16.0. The molecule has 0 aromatic carbocycles. The van der Waals surface area contributed by atoms with Crippen LogP contribution in [0.25, 0.3) is 0 Å². The summed E-state index contributed by atoms with van der Waals surface area (Å²) in [6.45, 7) is 4.57. The standard InChI is InChI=1S/C18H36.Cl2HP/c1-3-5-7-9-11-13-15-17-18-16-14-12-10-8-6-4-2;1-3-2/h17-18H,3-16H2,1-2H3;3H. The summed E-state index contributed by atoms with van der Waals surface area (Å²) in [5, 5.41) is 0. The number of hydrogen-bond acceptors (Lipinski definition) is 0. The van der Waals surface area contributed by atoms with E-state index in [0.717, 1.165) is 0 Å². The fraction of sp³-hybridized carbons (Fsp3) is 0.889. The first-order valence-corrected chi connectivity index (χ1v) is 12.0. The van der Waals surface area contributed by atoms with Gasteiger partial charge in [-0.15, -0.1) is 0 Å². The summed E-state index contributed by atoms with van der Waals surface area (Å²) in [6, 6.07) is 0. The van der Waals surface area contributed by atoms with Crippen molar-refractivity contribution in [1.82, 2.24) is 0 Å². The van der Waals surface area contributed by atoms with Gasteiger partial charge in [-0.3, -0.25) is 0 Å². The van der Waals surface area contributed by atoms with Crippen LogP contribution >= 0.6 is 29.8 Å². The lowest BCUT2D eigenvalue weighted by atomic mass is 10.1. The topological polar surface area (TPSA) is 0 Å². The van der Waals surface area contributed by atoms with Gasteiger partial charge in [0.2, 0.25) is 0 Å². The average molecular weight is 355 g/mol. The minimum Gasteiger partial charge on any atom is -0.0885 e. The quantitative estimate of drug-likeness (QED) is 0.166. The number of halogens is 2. The molecule has 0 amide bonds. The third-order valence-corrected chi connectivity index (χ3v) is 3.62. The van der Waals surface area contributed by atoms with Crippen LogP contribution in [0.5, 0.6) is 0 Å². The molecular formula is C18H37Cl2P. The molecule has 0 aliphatic carbocycles. The van der Waals surface area contributed by atoms with E-state index in [9.17, 15) is 0 Å². The molecule has 0 spiro atoms. The molecule has 3 heteroatoms. The Balaban J connectivity index is 0. The van der Waals surface area contributed by atoms with Crippen LogP contribution in [-0.4, -0.2) is 0 Å². The minimum atomic E-state index is 0.0278. The Bertz CT molecular complexity index is 166. The van der Waals surface area contributed by atoms with Gasteiger partial charge in [0.25, 0.3) is 0 Å². The highest BCUT2D eigenvalue weighted by Crippen LogP contribution is 2.19. The molecule has 0 aliphatic rings. The van der Waals surface area contributed by atoms with Crippen molar-refractivity contribution in [3.05, 3.63) is 12.2 Å². The third kappa shape index (κ3) is 29.4. The third-order valence-electron chi connectivity index (χ3n) is 3.62. The van der Waals surface area contributed by atoms with Crippen molar-refractivity contribution in [1.29, 1.82) is 0 Å². The van der Waals surface area contributed by atoms with Crippen molar-refractivity contribution < 1.29 is 0 Å². The molecule has 0 saturated carbocycles. The van der Waals surface area contributed by atoms with E-state index in [2.05, 4.69) is 26.0 Å². The van der Waals surface area contributed by atoms with Gasteiger partial charge in [0.05, 0.1) is 7.29 Å². The van der Waals surface area contributed by atoms with E-state index in [0.29, 0.717) is 0 Å². The lowest BCUT2D eigenvalue weighted by Gasteiger charge is -1.98. The van der Waals surface area contributed by atoms with E-state index >= 15 is 0 Å². The molecule has 21 heavy (non-hydrogen) atoms. The second-order valence-electron chi connectivity index (χ2n) is 5.66. The molecule has 0 fully saturated rings. The number of rotatable bonds is 14. The first-order chi connectivity index (χ1) is 10.3. The normalized spacial score (nSPS) is 10.7. The van der Waals surface area contributed by atoms with E-state index in [1.165, 1.54) is 89.9 Å². The van der Waals surface area contributed by atoms with Gasteiger partial charge in [-0.25, -0.2) is 0 Å². The highest BCUT2D eigenvalue weighted by atomic mass is 35.9. The minimum absolute atomic E-state index is 0.0278. The van der Waals surface area contributed by atoms with Crippen molar-refractivity contribution in [2.75, 3.05) is 0 Å². The van der Waals surface area contributed by atoms with Crippen LogP contribution in [-0.2, 0) is 0 Å². The molecular weight excluding hydrogens is 318 g/mol. The smallest absolute Gasteiger partial charge is 0.0713 e. The molecule has 0 rings (SSSR count). The lowest BCUT2D eigenvalue weighted by Crippen LogP contribution is -1.79. The predicted molar refractivity (Wildman–Crippen MR) is 105 cm³/mol. The van der Waals surface area contributed by atoms with Crippen LogP contribution < -0.4 is 0 Å². The predicted octanol–water partition coefficient (Wildman–Crippen LogP) is 9.02. The molecule has 0 saturated heterocycles. The Morgan fingerprint density at radius 1 is 0.571 bits per heavy atom. The average Bonchev–Trinajstić information content (AvgIpc) is 2.48. The Morgan fingerprint density at radius 2 is 0.857 bits per heavy atom. The maximum atomic E-state index is 4.79. The fourth-order valence-corrected chi connectivity index (χ4v) is 2.32. The molecule has 0 radical (unpaired) electrons. The molecule has 0 nitrogen and oxygen atoms in total. The van der Waals surface area contributed by atoms with Gasteiger partial charge < -0.3 is 0 Å². The number of unbranched alkanes of at least 4 members (excludes halogenated alkanes) is 12. The first-order valence-electron chi connectivity index (χ1n) is 8.94. The van der Waals surface area contributed by atoms with Gasteiger partial charge in [-0.2, -0.15) is 0 Å². The summed E-state index contributed by atoms with van der Waals surface area (Å²) in [5.41, 5.74) is 0. The van der Waals surface area contributed by atoms with Crippen LogP contribution in [0.4, 0.5) is 0 Å². The molecule has 0 heterocycles. The molecule has 0 N–H and O–H groups in total. The van der Waals surface area contributed by atoms with Crippen LogP contribution in [0, 0.1) is 0 Å². The fourth-order valence-electron chi connectivity index (χ4n) is 2.32. The summed E-state index contributed by atoms with van der Waals surface area (Å²) in [6.07, 6.45) is 24.4. The largest absolute Gasteiger partial charge is 0.0885 e. The van der Waals surface area contributed by atoms with Gasteiger partial charge in [-0.1, -0.05) is 113 Å². The van der Waals surface area contributed by atoms with Crippen molar-refractivity contribution >= 4 is 29.8 Å². The first kappa shape index (κ1) is 24.0. The number of allylic oxidation sites excluding steroid dienone is 2. The SMILES string of the molecule is CCCCCCCCC=CCCCCCCCC.ClPCl. The van der Waals surface area contributed by atoms with Crippen molar-refractivity contribution in [2.45, 2.75) is 104 Å². The second-order valence-corrected chi connectivity index (χ2v) is 7.51.